The van der Waals surface area contributed by atoms with E-state index in [0.29, 0.717) is 5.02 Å². The minimum Gasteiger partial charge on any atom is -0.279 e. The lowest BCUT2D eigenvalue weighted by molar-refractivity contribution is 0.871. The lowest BCUT2D eigenvalue weighted by Gasteiger charge is -2.14. The Morgan fingerprint density at radius 1 is 1.24 bits per heavy atom. The number of nitrogens with zero attached hydrogens (tertiary/aromatic N) is 3. The highest BCUT2D eigenvalue weighted by atomic mass is 35.5. The van der Waals surface area contributed by atoms with Gasteiger partial charge in [0, 0.05) is 6.20 Å². The SMILES string of the molecule is Cc1cccc(-n2c(C(C)Cl)nc3cc(Cl)cnc32)c1C. The van der Waals surface area contributed by atoms with Crippen LogP contribution in [0.1, 0.15) is 29.3 Å². The largest absolute Gasteiger partial charge is 0.279 e. The van der Waals surface area contributed by atoms with Crippen molar-refractivity contribution in [1.29, 1.82) is 0 Å². The molecule has 0 radical (unpaired) electrons. The van der Waals surface area contributed by atoms with Crippen molar-refractivity contribution in [2.75, 3.05) is 0 Å². The predicted octanol–water partition coefficient (Wildman–Crippen LogP) is 4.99. The second-order valence-corrected chi connectivity index (χ2v) is 6.23. The Labute approximate surface area is 133 Å². The second kappa shape index (κ2) is 5.32. The highest BCUT2D eigenvalue weighted by Crippen LogP contribution is 2.30. The maximum absolute atomic E-state index is 6.32. The first kappa shape index (κ1) is 14.4. The van der Waals surface area contributed by atoms with Crippen molar-refractivity contribution in [3.63, 3.8) is 0 Å². The van der Waals surface area contributed by atoms with E-state index in [-0.39, 0.29) is 5.38 Å². The van der Waals surface area contributed by atoms with E-state index in [4.69, 9.17) is 23.2 Å². The number of fused-ring (bicyclic) bond motifs is 1. The van der Waals surface area contributed by atoms with Crippen molar-refractivity contribution in [2.24, 2.45) is 0 Å². The second-order valence-electron chi connectivity index (χ2n) is 5.14. The van der Waals surface area contributed by atoms with E-state index in [0.717, 1.165) is 22.7 Å². The Hall–Kier alpha value is -1.58. The number of rotatable bonds is 2. The minimum atomic E-state index is -0.224. The fourth-order valence-electron chi connectivity index (χ4n) is 2.44. The van der Waals surface area contributed by atoms with Crippen LogP contribution in [0.5, 0.6) is 0 Å². The highest BCUT2D eigenvalue weighted by molar-refractivity contribution is 6.31. The number of imidazole rings is 1. The molecule has 1 aromatic carbocycles. The molecule has 0 spiro atoms. The first-order chi connectivity index (χ1) is 9.99. The summed E-state index contributed by atoms with van der Waals surface area (Å²) in [6, 6.07) is 7.99. The molecule has 0 saturated heterocycles. The summed E-state index contributed by atoms with van der Waals surface area (Å²) in [7, 11) is 0. The molecule has 2 heterocycles. The molecule has 3 aromatic rings. The van der Waals surface area contributed by atoms with Crippen LogP contribution >= 0.6 is 23.2 Å². The molecule has 3 nitrogen and oxygen atoms in total. The third-order valence-corrected chi connectivity index (χ3v) is 4.06. The molecule has 0 fully saturated rings. The number of halogens is 2. The summed E-state index contributed by atoms with van der Waals surface area (Å²) in [6.45, 7) is 6.09. The number of alkyl halides is 1. The molecule has 2 aromatic heterocycles. The summed E-state index contributed by atoms with van der Waals surface area (Å²) < 4.78 is 2.02. The molecule has 0 bridgehead atoms. The van der Waals surface area contributed by atoms with Crippen LogP contribution in [-0.2, 0) is 0 Å². The first-order valence-electron chi connectivity index (χ1n) is 6.73. The molecule has 5 heteroatoms. The Morgan fingerprint density at radius 3 is 2.71 bits per heavy atom. The Balaban J connectivity index is 2.39. The van der Waals surface area contributed by atoms with Crippen LogP contribution in [0.25, 0.3) is 16.9 Å². The Bertz CT molecular complexity index is 822. The number of aromatic nitrogens is 3. The van der Waals surface area contributed by atoms with E-state index in [2.05, 4.69) is 35.9 Å². The molecule has 0 amide bonds. The number of hydrogen-bond acceptors (Lipinski definition) is 2. The standard InChI is InChI=1S/C16H15Cl2N3/c1-9-5-4-6-14(10(9)2)21-15(11(3)17)20-13-7-12(18)8-19-16(13)21/h4-8,11H,1-3H3. The van der Waals surface area contributed by atoms with Crippen molar-refractivity contribution in [2.45, 2.75) is 26.1 Å². The van der Waals surface area contributed by atoms with Gasteiger partial charge in [0.1, 0.15) is 11.3 Å². The van der Waals surface area contributed by atoms with Crippen LogP contribution < -0.4 is 0 Å². The summed E-state index contributed by atoms with van der Waals surface area (Å²) in [5.74, 6) is 0.773. The molecular formula is C16H15Cl2N3. The zero-order valence-electron chi connectivity index (χ0n) is 12.1. The zero-order chi connectivity index (χ0) is 15.1. The molecule has 0 aliphatic rings. The van der Waals surface area contributed by atoms with Crippen molar-refractivity contribution < 1.29 is 0 Å². The lowest BCUT2D eigenvalue weighted by Crippen LogP contribution is -2.05. The van der Waals surface area contributed by atoms with E-state index in [1.54, 1.807) is 6.20 Å². The Kier molecular flexibility index (Phi) is 3.64. The van der Waals surface area contributed by atoms with Gasteiger partial charge in [-0.05, 0) is 44.0 Å². The molecule has 108 valence electrons. The van der Waals surface area contributed by atoms with Gasteiger partial charge in [-0.25, -0.2) is 9.97 Å². The van der Waals surface area contributed by atoms with Gasteiger partial charge in [-0.1, -0.05) is 23.7 Å². The van der Waals surface area contributed by atoms with Crippen LogP contribution in [0.4, 0.5) is 0 Å². The zero-order valence-corrected chi connectivity index (χ0v) is 13.6. The molecule has 0 N–H and O–H groups in total. The van der Waals surface area contributed by atoms with Gasteiger partial charge in [-0.15, -0.1) is 11.6 Å². The molecule has 3 rings (SSSR count). The van der Waals surface area contributed by atoms with Gasteiger partial charge >= 0.3 is 0 Å². The van der Waals surface area contributed by atoms with E-state index < -0.39 is 0 Å². The monoisotopic (exact) mass is 319 g/mol. The molecule has 0 aliphatic carbocycles. The fourth-order valence-corrected chi connectivity index (χ4v) is 2.74. The summed E-state index contributed by atoms with van der Waals surface area (Å²) in [5, 5.41) is 0.347. The maximum Gasteiger partial charge on any atom is 0.164 e. The van der Waals surface area contributed by atoms with E-state index in [1.807, 2.05) is 23.6 Å². The predicted molar refractivity (Wildman–Crippen MR) is 87.6 cm³/mol. The minimum absolute atomic E-state index is 0.224. The fraction of sp³-hybridized carbons (Fsp3) is 0.250. The van der Waals surface area contributed by atoms with Gasteiger partial charge in [0.2, 0.25) is 0 Å². The quantitative estimate of drug-likeness (QED) is 0.623. The molecule has 1 unspecified atom stereocenters. The third-order valence-electron chi connectivity index (χ3n) is 3.66. The Morgan fingerprint density at radius 2 is 2.00 bits per heavy atom. The van der Waals surface area contributed by atoms with Gasteiger partial charge in [0.05, 0.1) is 16.1 Å². The topological polar surface area (TPSA) is 30.7 Å². The van der Waals surface area contributed by atoms with Crippen LogP contribution in [0, 0.1) is 13.8 Å². The summed E-state index contributed by atoms with van der Waals surface area (Å²) in [5.41, 5.74) is 4.99. The van der Waals surface area contributed by atoms with Gasteiger partial charge < -0.3 is 0 Å². The molecular weight excluding hydrogens is 305 g/mol. The van der Waals surface area contributed by atoms with E-state index in [1.165, 1.54) is 11.1 Å². The number of pyridine rings is 1. The number of aryl methyl sites for hydroxylation is 1. The third kappa shape index (κ3) is 2.41. The summed E-state index contributed by atoms with van der Waals surface area (Å²) in [6.07, 6.45) is 1.63. The molecule has 1 atom stereocenters. The van der Waals surface area contributed by atoms with Gasteiger partial charge in [-0.2, -0.15) is 0 Å². The van der Waals surface area contributed by atoms with Crippen molar-refractivity contribution >= 4 is 34.4 Å². The average molecular weight is 320 g/mol. The van der Waals surface area contributed by atoms with Crippen LogP contribution in [-0.4, -0.2) is 14.5 Å². The molecule has 0 aliphatic heterocycles. The van der Waals surface area contributed by atoms with Crippen molar-refractivity contribution in [3.05, 3.63) is 52.4 Å². The summed E-state index contributed by atoms with van der Waals surface area (Å²) >= 11 is 12.3. The average Bonchev–Trinajstić information content (AvgIpc) is 2.80. The van der Waals surface area contributed by atoms with Gasteiger partial charge in [0.25, 0.3) is 0 Å². The van der Waals surface area contributed by atoms with E-state index in [9.17, 15) is 0 Å². The van der Waals surface area contributed by atoms with E-state index >= 15 is 0 Å². The molecule has 21 heavy (non-hydrogen) atoms. The first-order valence-corrected chi connectivity index (χ1v) is 7.55. The van der Waals surface area contributed by atoms with Crippen LogP contribution in [0.3, 0.4) is 0 Å². The number of hydrogen-bond donors (Lipinski definition) is 0. The van der Waals surface area contributed by atoms with Crippen LogP contribution in [0.15, 0.2) is 30.5 Å². The number of benzene rings is 1. The maximum atomic E-state index is 6.32. The lowest BCUT2D eigenvalue weighted by atomic mass is 10.1. The highest BCUT2D eigenvalue weighted by Gasteiger charge is 2.19. The molecule has 0 saturated carbocycles. The smallest absolute Gasteiger partial charge is 0.164 e. The van der Waals surface area contributed by atoms with Gasteiger partial charge in [0.15, 0.2) is 5.65 Å². The normalized spacial score (nSPS) is 12.8. The van der Waals surface area contributed by atoms with Crippen molar-refractivity contribution in [1.82, 2.24) is 14.5 Å². The summed E-state index contributed by atoms with van der Waals surface area (Å²) in [4.78, 5) is 9.05. The van der Waals surface area contributed by atoms with Crippen LogP contribution in [0.2, 0.25) is 5.02 Å². The van der Waals surface area contributed by atoms with Crippen molar-refractivity contribution in [3.8, 4) is 5.69 Å². The van der Waals surface area contributed by atoms with Gasteiger partial charge in [-0.3, -0.25) is 4.57 Å².